The molecule has 0 aliphatic carbocycles. The van der Waals surface area contributed by atoms with Crippen LogP contribution in [0.15, 0.2) is 47.4 Å². The van der Waals surface area contributed by atoms with Crippen LogP contribution in [0.2, 0.25) is 0 Å². The van der Waals surface area contributed by atoms with Crippen LogP contribution in [0.1, 0.15) is 36.2 Å². The van der Waals surface area contributed by atoms with E-state index in [4.69, 9.17) is 4.74 Å². The van der Waals surface area contributed by atoms with Crippen molar-refractivity contribution in [1.29, 1.82) is 0 Å². The molecule has 0 bridgehead atoms. The number of hydrogen-bond donors (Lipinski definition) is 2. The number of carbonyl (C=O) groups excluding carboxylic acids is 1. The Morgan fingerprint density at radius 1 is 1.18 bits per heavy atom. The van der Waals surface area contributed by atoms with Crippen LogP contribution < -0.4 is 10.0 Å². The van der Waals surface area contributed by atoms with E-state index < -0.39 is 15.8 Å². The molecule has 0 saturated heterocycles. The number of aryl methyl sites for hydroxylation is 1. The monoisotopic (exact) mass is 408 g/mol. The highest BCUT2D eigenvalue weighted by atomic mass is 32.2. The summed E-state index contributed by atoms with van der Waals surface area (Å²) in [6.07, 6.45) is 0.817. The van der Waals surface area contributed by atoms with Gasteiger partial charge in [-0.05, 0) is 63.1 Å². The summed E-state index contributed by atoms with van der Waals surface area (Å²) in [4.78, 5) is 12.0. The lowest BCUT2D eigenvalue weighted by atomic mass is 10.2. The van der Waals surface area contributed by atoms with Crippen LogP contribution in [0.4, 0.5) is 10.1 Å². The molecule has 0 fully saturated rings. The maximum Gasteiger partial charge on any atom is 0.261 e. The van der Waals surface area contributed by atoms with E-state index in [0.29, 0.717) is 30.7 Å². The summed E-state index contributed by atoms with van der Waals surface area (Å²) in [6.45, 7) is 6.43. The number of rotatable bonds is 9. The zero-order valence-corrected chi connectivity index (χ0v) is 17.0. The van der Waals surface area contributed by atoms with Gasteiger partial charge in [-0.25, -0.2) is 12.8 Å². The van der Waals surface area contributed by atoms with Crippen LogP contribution in [0, 0.1) is 12.7 Å². The highest BCUT2D eigenvalue weighted by Gasteiger charge is 2.16. The Bertz CT molecular complexity index is 930. The number of sulfonamides is 1. The van der Waals surface area contributed by atoms with Gasteiger partial charge in [-0.3, -0.25) is 9.52 Å². The summed E-state index contributed by atoms with van der Waals surface area (Å²) in [7, 11) is -3.97. The quantitative estimate of drug-likeness (QED) is 0.622. The minimum atomic E-state index is -3.97. The van der Waals surface area contributed by atoms with Crippen molar-refractivity contribution in [2.75, 3.05) is 17.9 Å². The average molecular weight is 408 g/mol. The first-order valence-corrected chi connectivity index (χ1v) is 10.5. The molecule has 28 heavy (non-hydrogen) atoms. The number of ether oxygens (including phenoxy) is 1. The molecular weight excluding hydrogens is 383 g/mol. The van der Waals surface area contributed by atoms with Crippen molar-refractivity contribution in [1.82, 2.24) is 5.32 Å². The Balaban J connectivity index is 2.02. The lowest BCUT2D eigenvalue weighted by molar-refractivity contribution is 0.0757. The predicted molar refractivity (Wildman–Crippen MR) is 106 cm³/mol. The molecule has 0 radical (unpaired) electrons. The van der Waals surface area contributed by atoms with Crippen molar-refractivity contribution in [2.45, 2.75) is 38.2 Å². The number of benzene rings is 2. The Kier molecular flexibility index (Phi) is 7.53. The van der Waals surface area contributed by atoms with Gasteiger partial charge in [0.05, 0.1) is 11.0 Å². The highest BCUT2D eigenvalue weighted by Crippen LogP contribution is 2.19. The normalized spacial score (nSPS) is 11.5. The number of carbonyl (C=O) groups is 1. The molecule has 2 aromatic rings. The van der Waals surface area contributed by atoms with E-state index in [0.717, 1.165) is 6.07 Å². The first-order chi connectivity index (χ1) is 13.2. The molecule has 0 aliphatic rings. The summed E-state index contributed by atoms with van der Waals surface area (Å²) >= 11 is 0. The van der Waals surface area contributed by atoms with Crippen molar-refractivity contribution < 1.29 is 22.3 Å². The lowest BCUT2D eigenvalue weighted by Crippen LogP contribution is -2.25. The zero-order chi connectivity index (χ0) is 20.7. The molecule has 0 spiro atoms. The summed E-state index contributed by atoms with van der Waals surface area (Å²) in [5.41, 5.74) is 0.897. The van der Waals surface area contributed by atoms with Gasteiger partial charge in [0.2, 0.25) is 0 Å². The van der Waals surface area contributed by atoms with E-state index in [1.165, 1.54) is 24.3 Å². The van der Waals surface area contributed by atoms with E-state index >= 15 is 0 Å². The third-order valence-corrected chi connectivity index (χ3v) is 5.27. The summed E-state index contributed by atoms with van der Waals surface area (Å²) in [5, 5.41) is 2.76. The average Bonchev–Trinajstić information content (AvgIpc) is 2.63. The second kappa shape index (κ2) is 9.66. The van der Waals surface area contributed by atoms with E-state index in [-0.39, 0.29) is 22.6 Å². The van der Waals surface area contributed by atoms with Crippen LogP contribution in [-0.4, -0.2) is 33.6 Å². The Labute approximate surface area is 165 Å². The van der Waals surface area contributed by atoms with Gasteiger partial charge in [0.25, 0.3) is 15.9 Å². The molecule has 0 aromatic heterocycles. The van der Waals surface area contributed by atoms with Crippen molar-refractivity contribution in [3.8, 4) is 0 Å². The Morgan fingerprint density at radius 3 is 2.61 bits per heavy atom. The Hall–Kier alpha value is -2.45. The zero-order valence-electron chi connectivity index (χ0n) is 16.2. The van der Waals surface area contributed by atoms with E-state index in [1.807, 2.05) is 13.8 Å². The molecule has 0 heterocycles. The summed E-state index contributed by atoms with van der Waals surface area (Å²) in [6, 6.07) is 9.81. The van der Waals surface area contributed by atoms with Gasteiger partial charge in [0.15, 0.2) is 0 Å². The van der Waals surface area contributed by atoms with Gasteiger partial charge in [0, 0.05) is 24.4 Å². The van der Waals surface area contributed by atoms with Gasteiger partial charge in [-0.1, -0.05) is 12.1 Å². The minimum Gasteiger partial charge on any atom is -0.379 e. The number of hydrogen-bond acceptors (Lipinski definition) is 4. The van der Waals surface area contributed by atoms with Crippen LogP contribution in [0.25, 0.3) is 0 Å². The molecule has 0 unspecified atom stereocenters. The molecule has 0 atom stereocenters. The minimum absolute atomic E-state index is 0.141. The maximum absolute atomic E-state index is 13.7. The SMILES string of the molecule is Cc1ccc(S(=O)(=O)Nc2cccc(C(=O)NCCCOC(C)C)c2)cc1F. The van der Waals surface area contributed by atoms with Crippen LogP contribution in [0.3, 0.4) is 0 Å². The van der Waals surface area contributed by atoms with Crippen LogP contribution in [-0.2, 0) is 14.8 Å². The molecule has 2 N–H and O–H groups in total. The molecule has 0 saturated carbocycles. The fraction of sp³-hybridized carbons (Fsp3) is 0.350. The molecule has 6 nitrogen and oxygen atoms in total. The standard InChI is InChI=1S/C20H25FN2O4S/c1-14(2)27-11-5-10-22-20(24)16-6-4-7-17(12-16)23-28(25,26)18-9-8-15(3)19(21)13-18/h4,6-9,12-14,23H,5,10-11H2,1-3H3,(H,22,24). The number of amides is 1. The third-order valence-electron chi connectivity index (χ3n) is 3.89. The van der Waals surface area contributed by atoms with E-state index in [2.05, 4.69) is 10.0 Å². The van der Waals surface area contributed by atoms with E-state index in [9.17, 15) is 17.6 Å². The number of halogens is 1. The van der Waals surface area contributed by atoms with Gasteiger partial charge < -0.3 is 10.1 Å². The Morgan fingerprint density at radius 2 is 1.93 bits per heavy atom. The highest BCUT2D eigenvalue weighted by molar-refractivity contribution is 7.92. The summed E-state index contributed by atoms with van der Waals surface area (Å²) in [5.74, 6) is -0.913. The second-order valence-corrected chi connectivity index (χ2v) is 8.31. The molecule has 152 valence electrons. The fourth-order valence-electron chi connectivity index (χ4n) is 2.37. The van der Waals surface area contributed by atoms with Crippen molar-refractivity contribution in [3.63, 3.8) is 0 Å². The first-order valence-electron chi connectivity index (χ1n) is 8.98. The van der Waals surface area contributed by atoms with Crippen molar-refractivity contribution in [3.05, 3.63) is 59.4 Å². The van der Waals surface area contributed by atoms with Gasteiger partial charge in [0.1, 0.15) is 5.82 Å². The fourth-order valence-corrected chi connectivity index (χ4v) is 3.43. The first kappa shape index (κ1) is 21.8. The third kappa shape index (κ3) is 6.31. The van der Waals surface area contributed by atoms with Crippen molar-refractivity contribution in [2.24, 2.45) is 0 Å². The largest absolute Gasteiger partial charge is 0.379 e. The smallest absolute Gasteiger partial charge is 0.261 e. The molecule has 1 amide bonds. The van der Waals surface area contributed by atoms with Gasteiger partial charge in [-0.15, -0.1) is 0 Å². The van der Waals surface area contributed by atoms with Gasteiger partial charge in [-0.2, -0.15) is 0 Å². The van der Waals surface area contributed by atoms with Crippen molar-refractivity contribution >= 4 is 21.6 Å². The molecule has 2 rings (SSSR count). The topological polar surface area (TPSA) is 84.5 Å². The van der Waals surface area contributed by atoms with Crippen LogP contribution >= 0.6 is 0 Å². The molecular formula is C20H25FN2O4S. The summed E-state index contributed by atoms with van der Waals surface area (Å²) < 4.78 is 46.4. The number of nitrogens with one attached hydrogen (secondary N) is 2. The molecule has 0 aliphatic heterocycles. The number of anilines is 1. The second-order valence-electron chi connectivity index (χ2n) is 6.63. The maximum atomic E-state index is 13.7. The molecule has 2 aromatic carbocycles. The van der Waals surface area contributed by atoms with E-state index in [1.54, 1.807) is 19.1 Å². The molecule has 8 heteroatoms. The predicted octanol–water partition coefficient (Wildman–Crippen LogP) is 3.48. The van der Waals surface area contributed by atoms with Gasteiger partial charge >= 0.3 is 0 Å². The lowest BCUT2D eigenvalue weighted by Gasteiger charge is -2.11. The van der Waals surface area contributed by atoms with Crippen LogP contribution in [0.5, 0.6) is 0 Å².